The molecule has 0 saturated heterocycles. The van der Waals surface area contributed by atoms with Crippen molar-refractivity contribution in [3.8, 4) is 11.3 Å². The lowest BCUT2D eigenvalue weighted by atomic mass is 10.0. The van der Waals surface area contributed by atoms with Crippen LogP contribution in [0.5, 0.6) is 0 Å². The predicted octanol–water partition coefficient (Wildman–Crippen LogP) is 4.21. The van der Waals surface area contributed by atoms with Gasteiger partial charge in [-0.05, 0) is 23.0 Å². The maximum Gasteiger partial charge on any atom is 0.105 e. The molecule has 82 valence electrons. The van der Waals surface area contributed by atoms with E-state index in [1.54, 1.807) is 0 Å². The Morgan fingerprint density at radius 1 is 1.20 bits per heavy atom. The Hall–Kier alpha value is -1.22. The molecule has 0 fully saturated rings. The standard InChI is InChI=1S/C11H12N2S.CH4.H2/c1-8(2)9-3-5-10(6-4-9)11-7-14-13-12-11;;/h3-8H,1-2H3;1H4;1H. The first-order valence-corrected chi connectivity index (χ1v) is 5.48. The summed E-state index contributed by atoms with van der Waals surface area (Å²) >= 11 is 1.38. The number of nitrogens with zero attached hydrogens (tertiary/aromatic N) is 2. The first-order valence-electron chi connectivity index (χ1n) is 4.65. The molecular formula is C12H18N2S. The number of hydrogen-bond acceptors (Lipinski definition) is 3. The molecule has 0 aliphatic rings. The number of aromatic nitrogens is 2. The van der Waals surface area contributed by atoms with Gasteiger partial charge in [-0.2, -0.15) is 0 Å². The number of benzene rings is 1. The third kappa shape index (κ3) is 2.63. The fourth-order valence-corrected chi connectivity index (χ4v) is 1.79. The lowest BCUT2D eigenvalue weighted by Crippen LogP contribution is -1.86. The van der Waals surface area contributed by atoms with Crippen LogP contribution < -0.4 is 0 Å². The van der Waals surface area contributed by atoms with Crippen molar-refractivity contribution in [3.63, 3.8) is 0 Å². The van der Waals surface area contributed by atoms with Crippen molar-refractivity contribution in [1.82, 2.24) is 9.59 Å². The molecule has 1 aromatic heterocycles. The van der Waals surface area contributed by atoms with Gasteiger partial charge in [-0.1, -0.05) is 50.0 Å². The average molecular weight is 222 g/mol. The zero-order valence-electron chi connectivity index (χ0n) is 8.27. The van der Waals surface area contributed by atoms with Gasteiger partial charge in [0, 0.05) is 12.4 Å². The lowest BCUT2D eigenvalue weighted by Gasteiger charge is -2.04. The highest BCUT2D eigenvalue weighted by Gasteiger charge is 2.02. The quantitative estimate of drug-likeness (QED) is 0.760. The van der Waals surface area contributed by atoms with Crippen molar-refractivity contribution in [2.24, 2.45) is 0 Å². The first-order chi connectivity index (χ1) is 6.77. The molecule has 0 bridgehead atoms. The largest absolute Gasteiger partial charge is 0.138 e. The zero-order chi connectivity index (χ0) is 9.97. The SMILES string of the molecule is C.CC(C)c1ccc(-c2csnn2)cc1.[HH]. The maximum absolute atomic E-state index is 4.03. The molecule has 0 aliphatic heterocycles. The topological polar surface area (TPSA) is 25.8 Å². The smallest absolute Gasteiger partial charge is 0.105 e. The molecular weight excluding hydrogens is 204 g/mol. The Bertz CT molecular complexity index is 395. The van der Waals surface area contributed by atoms with Gasteiger partial charge < -0.3 is 0 Å². The van der Waals surface area contributed by atoms with Crippen molar-refractivity contribution >= 4 is 11.5 Å². The van der Waals surface area contributed by atoms with Gasteiger partial charge in [0.05, 0.1) is 0 Å². The molecule has 0 unspecified atom stereocenters. The molecule has 0 N–H and O–H groups in total. The maximum atomic E-state index is 4.03. The van der Waals surface area contributed by atoms with E-state index in [1.807, 2.05) is 5.38 Å². The Morgan fingerprint density at radius 3 is 2.33 bits per heavy atom. The molecule has 0 spiro atoms. The van der Waals surface area contributed by atoms with Gasteiger partial charge in [0.25, 0.3) is 0 Å². The zero-order valence-corrected chi connectivity index (χ0v) is 9.08. The van der Waals surface area contributed by atoms with E-state index in [0.717, 1.165) is 11.3 Å². The van der Waals surface area contributed by atoms with E-state index in [0.29, 0.717) is 5.92 Å². The fourth-order valence-electron chi connectivity index (χ4n) is 1.33. The normalized spacial score (nSPS) is 10.1. The highest BCUT2D eigenvalue weighted by molar-refractivity contribution is 7.03. The summed E-state index contributed by atoms with van der Waals surface area (Å²) in [6, 6.07) is 8.51. The predicted molar refractivity (Wildman–Crippen MR) is 68.3 cm³/mol. The van der Waals surface area contributed by atoms with Gasteiger partial charge in [0.1, 0.15) is 5.69 Å². The minimum Gasteiger partial charge on any atom is -0.138 e. The van der Waals surface area contributed by atoms with Crippen molar-refractivity contribution < 1.29 is 1.43 Å². The van der Waals surface area contributed by atoms with Crippen molar-refractivity contribution in [3.05, 3.63) is 35.2 Å². The van der Waals surface area contributed by atoms with E-state index in [2.05, 4.69) is 47.7 Å². The Labute approximate surface area is 96.6 Å². The van der Waals surface area contributed by atoms with Crippen LogP contribution in [0.25, 0.3) is 11.3 Å². The number of rotatable bonds is 2. The van der Waals surface area contributed by atoms with Crippen LogP contribution in [-0.2, 0) is 0 Å². The molecule has 0 atom stereocenters. The van der Waals surface area contributed by atoms with Crippen LogP contribution in [0.3, 0.4) is 0 Å². The molecule has 15 heavy (non-hydrogen) atoms. The third-order valence-corrected chi connectivity index (χ3v) is 2.74. The minimum absolute atomic E-state index is 0. The summed E-state index contributed by atoms with van der Waals surface area (Å²) in [5.41, 5.74) is 3.46. The highest BCUT2D eigenvalue weighted by atomic mass is 32.1. The Balaban J connectivity index is 0.00000112. The van der Waals surface area contributed by atoms with E-state index in [-0.39, 0.29) is 8.85 Å². The Morgan fingerprint density at radius 2 is 1.87 bits per heavy atom. The monoisotopic (exact) mass is 222 g/mol. The van der Waals surface area contributed by atoms with Crippen LogP contribution in [0.2, 0.25) is 0 Å². The van der Waals surface area contributed by atoms with Gasteiger partial charge in [-0.25, -0.2) is 0 Å². The van der Waals surface area contributed by atoms with Crippen LogP contribution in [0.15, 0.2) is 29.6 Å². The van der Waals surface area contributed by atoms with Gasteiger partial charge in [-0.15, -0.1) is 5.10 Å². The summed E-state index contributed by atoms with van der Waals surface area (Å²) in [5, 5.41) is 5.99. The molecule has 2 aromatic rings. The van der Waals surface area contributed by atoms with Crippen LogP contribution in [0.4, 0.5) is 0 Å². The van der Waals surface area contributed by atoms with Crippen molar-refractivity contribution in [2.45, 2.75) is 27.2 Å². The second-order valence-corrected chi connectivity index (χ2v) is 4.18. The van der Waals surface area contributed by atoms with Crippen molar-refractivity contribution in [2.75, 3.05) is 0 Å². The van der Waals surface area contributed by atoms with Gasteiger partial charge in [0.2, 0.25) is 0 Å². The molecule has 1 aromatic carbocycles. The molecule has 0 amide bonds. The lowest BCUT2D eigenvalue weighted by molar-refractivity contribution is 0.867. The van der Waals surface area contributed by atoms with E-state index in [4.69, 9.17) is 0 Å². The summed E-state index contributed by atoms with van der Waals surface area (Å²) in [6.45, 7) is 4.39. The molecule has 0 aliphatic carbocycles. The van der Waals surface area contributed by atoms with Gasteiger partial charge >= 0.3 is 0 Å². The molecule has 2 rings (SSSR count). The number of hydrogen-bond donors (Lipinski definition) is 0. The van der Waals surface area contributed by atoms with E-state index in [9.17, 15) is 0 Å². The van der Waals surface area contributed by atoms with E-state index in [1.165, 1.54) is 17.1 Å². The van der Waals surface area contributed by atoms with Gasteiger partial charge in [-0.3, -0.25) is 0 Å². The van der Waals surface area contributed by atoms with Crippen LogP contribution in [0, 0.1) is 0 Å². The van der Waals surface area contributed by atoms with Crippen molar-refractivity contribution in [1.29, 1.82) is 0 Å². The molecule has 2 nitrogen and oxygen atoms in total. The average Bonchev–Trinajstić information content (AvgIpc) is 2.71. The summed E-state index contributed by atoms with van der Waals surface area (Å²) in [7, 11) is 0. The van der Waals surface area contributed by atoms with Crippen LogP contribution >= 0.6 is 11.5 Å². The summed E-state index contributed by atoms with van der Waals surface area (Å²) < 4.78 is 3.85. The molecule has 0 saturated carbocycles. The van der Waals surface area contributed by atoms with E-state index < -0.39 is 0 Å². The molecule has 1 heterocycles. The van der Waals surface area contributed by atoms with Gasteiger partial charge in [0.15, 0.2) is 0 Å². The minimum atomic E-state index is 0. The molecule has 3 heteroatoms. The summed E-state index contributed by atoms with van der Waals surface area (Å²) in [6.07, 6.45) is 0. The first kappa shape index (κ1) is 11.9. The molecule has 0 radical (unpaired) electrons. The van der Waals surface area contributed by atoms with E-state index >= 15 is 0 Å². The Kier molecular flexibility index (Phi) is 3.97. The second kappa shape index (κ2) is 5.03. The summed E-state index contributed by atoms with van der Waals surface area (Å²) in [5.74, 6) is 0.581. The van der Waals surface area contributed by atoms with Crippen LogP contribution in [0.1, 0.15) is 34.2 Å². The second-order valence-electron chi connectivity index (χ2n) is 3.57. The highest BCUT2D eigenvalue weighted by Crippen LogP contribution is 2.21. The fraction of sp³-hybridized carbons (Fsp3) is 0.333. The summed E-state index contributed by atoms with van der Waals surface area (Å²) in [4.78, 5) is 0. The third-order valence-electron chi connectivity index (χ3n) is 2.23. The van der Waals surface area contributed by atoms with Crippen LogP contribution in [-0.4, -0.2) is 9.59 Å².